The number of ether oxygens (including phenoxy) is 1. The number of nitrogens with one attached hydrogen (secondary N) is 1. The van der Waals surface area contributed by atoms with Gasteiger partial charge < -0.3 is 29.9 Å². The highest BCUT2D eigenvalue weighted by atomic mass is 19.1. The number of hydrogen-bond donors (Lipinski definition) is 4. The molecule has 3 aromatic rings. The predicted octanol–water partition coefficient (Wildman–Crippen LogP) is 4.16. The average Bonchev–Trinajstić information content (AvgIpc) is 3.17. The first-order chi connectivity index (χ1) is 18.1. The number of aromatic nitrogens is 1. The molecule has 2 aromatic carbocycles. The molecule has 1 amide bonds. The lowest BCUT2D eigenvalue weighted by Crippen LogP contribution is -2.26. The number of amides is 1. The van der Waals surface area contributed by atoms with E-state index >= 15 is 0 Å². The van der Waals surface area contributed by atoms with Gasteiger partial charge in [0.15, 0.2) is 0 Å². The monoisotopic (exact) mass is 524 g/mol. The van der Waals surface area contributed by atoms with Gasteiger partial charge in [0.05, 0.1) is 25.7 Å². The van der Waals surface area contributed by atoms with E-state index in [1.54, 1.807) is 25.3 Å². The summed E-state index contributed by atoms with van der Waals surface area (Å²) in [5.74, 6) is -1.12. The minimum Gasteiger partial charge on any atom is -0.497 e. The lowest BCUT2D eigenvalue weighted by atomic mass is 10.00. The van der Waals surface area contributed by atoms with Crippen molar-refractivity contribution in [1.82, 2.24) is 9.88 Å². The summed E-state index contributed by atoms with van der Waals surface area (Å²) < 4.78 is 20.7. The Bertz CT molecular complexity index is 1280. The van der Waals surface area contributed by atoms with E-state index in [0.29, 0.717) is 46.9 Å². The summed E-state index contributed by atoms with van der Waals surface area (Å²) in [7, 11) is 1.58. The van der Waals surface area contributed by atoms with Crippen molar-refractivity contribution in [2.45, 2.75) is 52.0 Å². The maximum absolute atomic E-state index is 13.7. The smallest absolute Gasteiger partial charge is 0.305 e. The molecule has 0 saturated carbocycles. The van der Waals surface area contributed by atoms with Gasteiger partial charge in [-0.3, -0.25) is 9.59 Å². The quantitative estimate of drug-likeness (QED) is 0.282. The number of halogens is 1. The van der Waals surface area contributed by atoms with Gasteiger partial charge in [0.2, 0.25) is 0 Å². The van der Waals surface area contributed by atoms with Gasteiger partial charge in [-0.25, -0.2) is 4.39 Å². The van der Waals surface area contributed by atoms with Gasteiger partial charge in [-0.2, -0.15) is 0 Å². The molecule has 0 fully saturated rings. The summed E-state index contributed by atoms with van der Waals surface area (Å²) in [6.45, 7) is 4.44. The molecule has 0 spiro atoms. The molecular formula is C29H33FN2O6. The van der Waals surface area contributed by atoms with Crippen LogP contribution in [0.3, 0.4) is 0 Å². The molecule has 0 unspecified atom stereocenters. The Morgan fingerprint density at radius 2 is 1.76 bits per heavy atom. The first kappa shape index (κ1) is 28.6. The Labute approximate surface area is 221 Å². The molecule has 0 saturated heterocycles. The number of carboxylic acid groups (broad SMARTS) is 1. The molecule has 0 radical (unpaired) electrons. The Morgan fingerprint density at radius 3 is 2.34 bits per heavy atom. The summed E-state index contributed by atoms with van der Waals surface area (Å²) in [5.41, 5.74) is 4.04. The number of aliphatic hydroxyl groups is 2. The van der Waals surface area contributed by atoms with E-state index in [2.05, 4.69) is 5.32 Å². The molecule has 0 bridgehead atoms. The average molecular weight is 525 g/mol. The highest BCUT2D eigenvalue weighted by molar-refractivity contribution is 5.98. The van der Waals surface area contributed by atoms with Crippen LogP contribution in [0, 0.1) is 12.7 Å². The molecule has 0 aliphatic heterocycles. The fourth-order valence-corrected chi connectivity index (χ4v) is 4.40. The number of hydrogen-bond acceptors (Lipinski definition) is 5. The number of carbonyl (C=O) groups excluding carboxylic acids is 1. The zero-order chi connectivity index (χ0) is 27.8. The molecule has 4 N–H and O–H groups in total. The molecule has 0 aliphatic carbocycles. The largest absolute Gasteiger partial charge is 0.497 e. The highest BCUT2D eigenvalue weighted by Gasteiger charge is 2.24. The van der Waals surface area contributed by atoms with Crippen LogP contribution in [0.5, 0.6) is 5.75 Å². The van der Waals surface area contributed by atoms with Crippen molar-refractivity contribution >= 4 is 18.0 Å². The van der Waals surface area contributed by atoms with E-state index in [9.17, 15) is 24.2 Å². The Kier molecular flexibility index (Phi) is 9.81. The topological polar surface area (TPSA) is 121 Å². The molecule has 9 heteroatoms. The molecule has 3 rings (SSSR count). The number of carbonyl (C=O) groups is 2. The van der Waals surface area contributed by atoms with Gasteiger partial charge in [0.1, 0.15) is 17.3 Å². The van der Waals surface area contributed by atoms with E-state index < -0.39 is 30.4 Å². The van der Waals surface area contributed by atoms with Crippen molar-refractivity contribution < 1.29 is 34.0 Å². The summed E-state index contributed by atoms with van der Waals surface area (Å²) in [6.07, 6.45) is 0.150. The zero-order valence-corrected chi connectivity index (χ0v) is 21.6. The fraction of sp³-hybridized carbons (Fsp3) is 0.310. The van der Waals surface area contributed by atoms with Crippen molar-refractivity contribution in [2.24, 2.45) is 0 Å². The second-order valence-electron chi connectivity index (χ2n) is 8.93. The van der Waals surface area contributed by atoms with Crippen LogP contribution >= 0.6 is 0 Å². The molecule has 0 aliphatic rings. The van der Waals surface area contributed by atoms with Gasteiger partial charge in [-0.1, -0.05) is 30.3 Å². The minimum atomic E-state index is -1.21. The third kappa shape index (κ3) is 7.08. The molecule has 1 heterocycles. The Hall–Kier alpha value is -3.95. The maximum Gasteiger partial charge on any atom is 0.305 e. The van der Waals surface area contributed by atoms with Crippen LogP contribution in [-0.4, -0.2) is 51.1 Å². The van der Waals surface area contributed by atoms with Gasteiger partial charge in [0, 0.05) is 30.8 Å². The first-order valence-corrected chi connectivity index (χ1v) is 12.3. The highest BCUT2D eigenvalue weighted by Crippen LogP contribution is 2.34. The third-order valence-electron chi connectivity index (χ3n) is 6.22. The molecule has 202 valence electrons. The minimum absolute atomic E-state index is 0.157. The second kappa shape index (κ2) is 13.0. The van der Waals surface area contributed by atoms with Crippen LogP contribution in [0.25, 0.3) is 17.2 Å². The van der Waals surface area contributed by atoms with Gasteiger partial charge in [-0.05, 0) is 60.9 Å². The number of nitrogens with zero attached hydrogens (tertiary/aromatic N) is 1. The number of aliphatic carboxylic acids is 1. The fourth-order valence-electron chi connectivity index (χ4n) is 4.40. The van der Waals surface area contributed by atoms with Crippen LogP contribution in [0.4, 0.5) is 4.39 Å². The summed E-state index contributed by atoms with van der Waals surface area (Å²) >= 11 is 0. The summed E-state index contributed by atoms with van der Waals surface area (Å²) in [4.78, 5) is 24.2. The van der Waals surface area contributed by atoms with Crippen molar-refractivity contribution in [3.05, 3.63) is 82.9 Å². The maximum atomic E-state index is 13.7. The third-order valence-corrected chi connectivity index (χ3v) is 6.22. The lowest BCUT2D eigenvalue weighted by Gasteiger charge is -2.13. The Morgan fingerprint density at radius 1 is 1.11 bits per heavy atom. The van der Waals surface area contributed by atoms with Crippen molar-refractivity contribution in [3.8, 4) is 16.9 Å². The number of benzene rings is 2. The van der Waals surface area contributed by atoms with E-state index in [1.807, 2.05) is 42.7 Å². The summed E-state index contributed by atoms with van der Waals surface area (Å²) in [5, 5.41) is 32.1. The SMILES string of the molecule is CCn1c(/C=C/[C@@H](O)C[C@@H](O)CC(=O)O)c(-c2ccc(F)cc2)c(C)c1C(=O)NCc1ccc(OC)cc1. The standard InChI is InChI=1S/C29H33FN2O6/c1-4-32-25(14-11-22(33)15-23(34)16-26(35)36)27(20-7-9-21(30)10-8-20)18(2)28(32)29(37)31-17-19-5-12-24(38-3)13-6-19/h5-14,22-23,33-34H,4,15-17H2,1-3H3,(H,31,37)(H,35,36)/b14-11+/t22-,23-/m1/s1. The normalized spacial score (nSPS) is 12.9. The van der Waals surface area contributed by atoms with Crippen molar-refractivity contribution in [3.63, 3.8) is 0 Å². The van der Waals surface area contributed by atoms with E-state index in [0.717, 1.165) is 5.56 Å². The first-order valence-electron chi connectivity index (χ1n) is 12.3. The molecule has 8 nitrogen and oxygen atoms in total. The van der Waals surface area contributed by atoms with Gasteiger partial charge in [-0.15, -0.1) is 0 Å². The van der Waals surface area contributed by atoms with Crippen molar-refractivity contribution in [2.75, 3.05) is 7.11 Å². The lowest BCUT2D eigenvalue weighted by molar-refractivity contribution is -0.139. The molecule has 1 aromatic heterocycles. The number of carboxylic acids is 1. The molecule has 2 atom stereocenters. The van der Waals surface area contributed by atoms with Crippen molar-refractivity contribution in [1.29, 1.82) is 0 Å². The summed E-state index contributed by atoms with van der Waals surface area (Å²) in [6, 6.07) is 13.3. The van der Waals surface area contributed by atoms with Gasteiger partial charge >= 0.3 is 5.97 Å². The number of aliphatic hydroxyl groups excluding tert-OH is 2. The van der Waals surface area contributed by atoms with Gasteiger partial charge in [0.25, 0.3) is 5.91 Å². The van der Waals surface area contributed by atoms with E-state index in [-0.39, 0.29) is 12.3 Å². The van der Waals surface area contributed by atoms with Crippen LogP contribution in [0.1, 0.15) is 47.1 Å². The molecular weight excluding hydrogens is 491 g/mol. The van der Waals surface area contributed by atoms with Crippen LogP contribution in [0.15, 0.2) is 54.6 Å². The van der Waals surface area contributed by atoms with E-state index in [1.165, 1.54) is 18.2 Å². The van der Waals surface area contributed by atoms with Crippen LogP contribution in [-0.2, 0) is 17.9 Å². The number of rotatable bonds is 12. The Balaban J connectivity index is 1.96. The van der Waals surface area contributed by atoms with Crippen LogP contribution < -0.4 is 10.1 Å². The van der Waals surface area contributed by atoms with E-state index in [4.69, 9.17) is 9.84 Å². The number of methoxy groups -OCH3 is 1. The van der Waals surface area contributed by atoms with Crippen LogP contribution in [0.2, 0.25) is 0 Å². The second-order valence-corrected chi connectivity index (χ2v) is 8.93. The molecule has 38 heavy (non-hydrogen) atoms. The zero-order valence-electron chi connectivity index (χ0n) is 21.6. The predicted molar refractivity (Wildman–Crippen MR) is 142 cm³/mol.